The van der Waals surface area contributed by atoms with E-state index in [4.69, 9.17) is 22.1 Å². The van der Waals surface area contributed by atoms with Crippen LogP contribution in [0, 0.1) is 0 Å². The highest BCUT2D eigenvalue weighted by Crippen LogP contribution is 2.21. The summed E-state index contributed by atoms with van der Waals surface area (Å²) in [6.07, 6.45) is 0. The van der Waals surface area contributed by atoms with E-state index < -0.39 is 5.91 Å². The van der Waals surface area contributed by atoms with Crippen molar-refractivity contribution in [1.82, 2.24) is 5.32 Å². The standard InChI is InChI=1S/C15H15ClN2O3/c16-10-1-6-14(19)13(9-10)15(20)18-7-8-21-12-4-2-11(17)3-5-12/h1-6,9,19H,7-8,17H2,(H,18,20). The van der Waals surface area contributed by atoms with E-state index in [1.807, 2.05) is 0 Å². The number of phenols is 1. The van der Waals surface area contributed by atoms with Gasteiger partial charge in [0.1, 0.15) is 18.1 Å². The molecular formula is C15H15ClN2O3. The van der Waals surface area contributed by atoms with Gasteiger partial charge in [0, 0.05) is 10.7 Å². The van der Waals surface area contributed by atoms with E-state index in [1.165, 1.54) is 18.2 Å². The average molecular weight is 307 g/mol. The van der Waals surface area contributed by atoms with Gasteiger partial charge < -0.3 is 20.9 Å². The SMILES string of the molecule is Nc1ccc(OCCNC(=O)c2cc(Cl)ccc2O)cc1. The molecule has 5 nitrogen and oxygen atoms in total. The largest absolute Gasteiger partial charge is 0.507 e. The van der Waals surface area contributed by atoms with Gasteiger partial charge in [0.05, 0.1) is 12.1 Å². The maximum Gasteiger partial charge on any atom is 0.255 e. The van der Waals surface area contributed by atoms with Gasteiger partial charge >= 0.3 is 0 Å². The van der Waals surface area contributed by atoms with Crippen molar-refractivity contribution in [1.29, 1.82) is 0 Å². The molecule has 110 valence electrons. The predicted octanol–water partition coefficient (Wildman–Crippen LogP) is 2.44. The molecule has 0 unspecified atom stereocenters. The number of phenolic OH excluding ortho intramolecular Hbond substituents is 1. The maximum absolute atomic E-state index is 11.9. The van der Waals surface area contributed by atoms with Gasteiger partial charge in [0.15, 0.2) is 0 Å². The molecule has 0 saturated heterocycles. The Hall–Kier alpha value is -2.40. The molecule has 0 heterocycles. The number of aromatic hydroxyl groups is 1. The van der Waals surface area contributed by atoms with E-state index >= 15 is 0 Å². The second-order valence-electron chi connectivity index (χ2n) is 4.33. The summed E-state index contributed by atoms with van der Waals surface area (Å²) < 4.78 is 5.44. The van der Waals surface area contributed by atoms with Gasteiger partial charge in [-0.2, -0.15) is 0 Å². The number of halogens is 1. The molecule has 0 aliphatic rings. The van der Waals surface area contributed by atoms with Crippen molar-refractivity contribution < 1.29 is 14.6 Å². The summed E-state index contributed by atoms with van der Waals surface area (Å²) in [4.78, 5) is 11.9. The van der Waals surface area contributed by atoms with Gasteiger partial charge in [-0.25, -0.2) is 0 Å². The summed E-state index contributed by atoms with van der Waals surface area (Å²) in [6, 6.07) is 11.3. The van der Waals surface area contributed by atoms with Gasteiger partial charge in [-0.3, -0.25) is 4.79 Å². The third kappa shape index (κ3) is 4.29. The number of ether oxygens (including phenoxy) is 1. The van der Waals surface area contributed by atoms with Gasteiger partial charge in [-0.15, -0.1) is 0 Å². The number of benzene rings is 2. The van der Waals surface area contributed by atoms with Crippen LogP contribution in [0.3, 0.4) is 0 Å². The molecular weight excluding hydrogens is 292 g/mol. The smallest absolute Gasteiger partial charge is 0.255 e. The minimum absolute atomic E-state index is 0.114. The Morgan fingerprint density at radius 1 is 1.24 bits per heavy atom. The van der Waals surface area contributed by atoms with Crippen LogP contribution in [-0.2, 0) is 0 Å². The molecule has 21 heavy (non-hydrogen) atoms. The van der Waals surface area contributed by atoms with Gasteiger partial charge in [0.25, 0.3) is 5.91 Å². The number of rotatable bonds is 5. The minimum Gasteiger partial charge on any atom is -0.507 e. The summed E-state index contributed by atoms with van der Waals surface area (Å²) in [6.45, 7) is 0.603. The summed E-state index contributed by atoms with van der Waals surface area (Å²) in [5.41, 5.74) is 6.36. The number of nitrogen functional groups attached to an aromatic ring is 1. The van der Waals surface area contributed by atoms with Crippen molar-refractivity contribution >= 4 is 23.2 Å². The molecule has 0 aliphatic heterocycles. The van der Waals surface area contributed by atoms with Crippen LogP contribution in [0.5, 0.6) is 11.5 Å². The van der Waals surface area contributed by atoms with Gasteiger partial charge in [0.2, 0.25) is 0 Å². The topological polar surface area (TPSA) is 84.6 Å². The van der Waals surface area contributed by atoms with Crippen LogP contribution in [0.4, 0.5) is 5.69 Å². The van der Waals surface area contributed by atoms with Crippen molar-refractivity contribution in [2.45, 2.75) is 0 Å². The molecule has 0 aromatic heterocycles. The predicted molar refractivity (Wildman–Crippen MR) is 81.8 cm³/mol. The first kappa shape index (κ1) is 15.0. The van der Waals surface area contributed by atoms with Crippen molar-refractivity contribution in [3.05, 3.63) is 53.1 Å². The van der Waals surface area contributed by atoms with E-state index in [1.54, 1.807) is 24.3 Å². The number of hydrogen-bond donors (Lipinski definition) is 3. The van der Waals surface area contributed by atoms with Crippen LogP contribution < -0.4 is 15.8 Å². The first-order valence-electron chi connectivity index (χ1n) is 6.31. The lowest BCUT2D eigenvalue weighted by Gasteiger charge is -2.09. The lowest BCUT2D eigenvalue weighted by Crippen LogP contribution is -2.28. The Balaban J connectivity index is 1.81. The quantitative estimate of drug-likeness (QED) is 0.585. The molecule has 2 rings (SSSR count). The highest BCUT2D eigenvalue weighted by Gasteiger charge is 2.10. The number of nitrogens with one attached hydrogen (secondary N) is 1. The molecule has 0 bridgehead atoms. The van der Waals surface area contributed by atoms with Crippen LogP contribution in [-0.4, -0.2) is 24.2 Å². The summed E-state index contributed by atoms with van der Waals surface area (Å²) >= 11 is 5.79. The minimum atomic E-state index is -0.407. The highest BCUT2D eigenvalue weighted by atomic mass is 35.5. The highest BCUT2D eigenvalue weighted by molar-refractivity contribution is 6.31. The van der Waals surface area contributed by atoms with E-state index in [-0.39, 0.29) is 11.3 Å². The molecule has 0 fully saturated rings. The first-order chi connectivity index (χ1) is 10.1. The molecule has 0 atom stereocenters. The van der Waals surface area contributed by atoms with E-state index in [0.717, 1.165) is 0 Å². The Labute approximate surface area is 127 Å². The average Bonchev–Trinajstić information content (AvgIpc) is 2.47. The normalized spacial score (nSPS) is 10.1. The summed E-state index contributed by atoms with van der Waals surface area (Å²) in [7, 11) is 0. The molecule has 1 amide bonds. The molecule has 0 radical (unpaired) electrons. The number of carbonyl (C=O) groups is 1. The van der Waals surface area contributed by atoms with Crippen molar-refractivity contribution in [2.75, 3.05) is 18.9 Å². The van der Waals surface area contributed by atoms with E-state index in [9.17, 15) is 9.90 Å². The molecule has 4 N–H and O–H groups in total. The summed E-state index contributed by atoms with van der Waals surface area (Å²) in [5, 5.41) is 12.6. The van der Waals surface area contributed by atoms with Crippen LogP contribution in [0.2, 0.25) is 5.02 Å². The Bertz CT molecular complexity index is 629. The Morgan fingerprint density at radius 2 is 1.95 bits per heavy atom. The van der Waals surface area contributed by atoms with Crippen molar-refractivity contribution in [2.24, 2.45) is 0 Å². The first-order valence-corrected chi connectivity index (χ1v) is 6.69. The summed E-state index contributed by atoms with van der Waals surface area (Å²) in [5.74, 6) is 0.149. The number of amides is 1. The number of anilines is 1. The van der Waals surface area contributed by atoms with E-state index in [2.05, 4.69) is 5.32 Å². The van der Waals surface area contributed by atoms with Crippen LogP contribution in [0.1, 0.15) is 10.4 Å². The lowest BCUT2D eigenvalue weighted by molar-refractivity contribution is 0.0944. The molecule has 0 saturated carbocycles. The lowest BCUT2D eigenvalue weighted by atomic mass is 10.2. The van der Waals surface area contributed by atoms with Crippen molar-refractivity contribution in [3.63, 3.8) is 0 Å². The van der Waals surface area contributed by atoms with Crippen LogP contribution in [0.25, 0.3) is 0 Å². The van der Waals surface area contributed by atoms with Crippen molar-refractivity contribution in [3.8, 4) is 11.5 Å². The monoisotopic (exact) mass is 306 g/mol. The zero-order valence-electron chi connectivity index (χ0n) is 11.2. The number of carbonyl (C=O) groups excluding carboxylic acids is 1. The zero-order chi connectivity index (χ0) is 15.2. The molecule has 6 heteroatoms. The number of nitrogens with two attached hydrogens (primary N) is 1. The fourth-order valence-electron chi connectivity index (χ4n) is 1.68. The second kappa shape index (κ2) is 6.85. The Kier molecular flexibility index (Phi) is 4.90. The third-order valence-electron chi connectivity index (χ3n) is 2.74. The molecule has 0 spiro atoms. The molecule has 2 aromatic rings. The third-order valence-corrected chi connectivity index (χ3v) is 2.97. The Morgan fingerprint density at radius 3 is 2.67 bits per heavy atom. The fraction of sp³-hybridized carbons (Fsp3) is 0.133. The van der Waals surface area contributed by atoms with Gasteiger partial charge in [-0.05, 0) is 42.5 Å². The second-order valence-corrected chi connectivity index (χ2v) is 4.77. The maximum atomic E-state index is 11.9. The molecule has 0 aliphatic carbocycles. The van der Waals surface area contributed by atoms with Crippen LogP contribution >= 0.6 is 11.6 Å². The van der Waals surface area contributed by atoms with Gasteiger partial charge in [-0.1, -0.05) is 11.6 Å². The number of hydrogen-bond acceptors (Lipinski definition) is 4. The van der Waals surface area contributed by atoms with E-state index in [0.29, 0.717) is 29.6 Å². The molecule has 2 aromatic carbocycles. The van der Waals surface area contributed by atoms with Crippen LogP contribution in [0.15, 0.2) is 42.5 Å². The zero-order valence-corrected chi connectivity index (χ0v) is 11.9. The fourth-order valence-corrected chi connectivity index (χ4v) is 1.85.